The Balaban J connectivity index is 2.41. The zero-order chi connectivity index (χ0) is 10.4. The highest BCUT2D eigenvalue weighted by Gasteiger charge is 2.17. The van der Waals surface area contributed by atoms with Crippen LogP contribution in [0.15, 0.2) is 18.2 Å². The highest BCUT2D eigenvalue weighted by molar-refractivity contribution is 5.84. The average Bonchev–Trinajstić information content (AvgIpc) is 2.68. The summed E-state index contributed by atoms with van der Waals surface area (Å²) in [5.74, 6) is 0. The SMILES string of the molecule is Cc1ccc2nc3c(c(C)c2c1)COC3. The molecule has 1 aromatic heterocycles. The predicted molar refractivity (Wildman–Crippen MR) is 59.7 cm³/mol. The number of ether oxygens (including phenoxy) is 1. The fraction of sp³-hybridized carbons (Fsp3) is 0.308. The fourth-order valence-electron chi connectivity index (χ4n) is 2.20. The molecule has 1 aliphatic heterocycles. The summed E-state index contributed by atoms with van der Waals surface area (Å²) in [4.78, 5) is 4.63. The maximum Gasteiger partial charge on any atom is 0.0896 e. The van der Waals surface area contributed by atoms with E-state index in [1.807, 2.05) is 0 Å². The lowest BCUT2D eigenvalue weighted by molar-refractivity contribution is 0.133. The monoisotopic (exact) mass is 199 g/mol. The van der Waals surface area contributed by atoms with Crippen LogP contribution in [0.5, 0.6) is 0 Å². The van der Waals surface area contributed by atoms with Crippen LogP contribution < -0.4 is 0 Å². The van der Waals surface area contributed by atoms with Crippen molar-refractivity contribution in [3.8, 4) is 0 Å². The van der Waals surface area contributed by atoms with E-state index in [9.17, 15) is 0 Å². The van der Waals surface area contributed by atoms with Crippen molar-refractivity contribution in [3.05, 3.63) is 40.6 Å². The Labute approximate surface area is 88.9 Å². The van der Waals surface area contributed by atoms with Crippen molar-refractivity contribution >= 4 is 10.9 Å². The molecule has 0 amide bonds. The summed E-state index contributed by atoms with van der Waals surface area (Å²) in [7, 11) is 0. The quantitative estimate of drug-likeness (QED) is 0.651. The molecule has 0 spiro atoms. The van der Waals surface area contributed by atoms with E-state index in [-0.39, 0.29) is 0 Å². The first kappa shape index (κ1) is 8.86. The van der Waals surface area contributed by atoms with Crippen LogP contribution in [-0.2, 0) is 18.0 Å². The molecule has 1 aliphatic rings. The van der Waals surface area contributed by atoms with E-state index in [1.165, 1.54) is 22.1 Å². The van der Waals surface area contributed by atoms with Gasteiger partial charge in [0.15, 0.2) is 0 Å². The van der Waals surface area contributed by atoms with Crippen LogP contribution in [0.25, 0.3) is 10.9 Å². The summed E-state index contributed by atoms with van der Waals surface area (Å²) in [5.41, 5.74) is 6.10. The molecule has 2 heteroatoms. The van der Waals surface area contributed by atoms with Gasteiger partial charge >= 0.3 is 0 Å². The molecule has 76 valence electrons. The van der Waals surface area contributed by atoms with E-state index in [0.29, 0.717) is 6.61 Å². The zero-order valence-electron chi connectivity index (χ0n) is 9.00. The number of nitrogens with zero attached hydrogens (tertiary/aromatic N) is 1. The smallest absolute Gasteiger partial charge is 0.0896 e. The third kappa shape index (κ3) is 1.25. The lowest BCUT2D eigenvalue weighted by Gasteiger charge is -2.07. The lowest BCUT2D eigenvalue weighted by Crippen LogP contribution is -1.94. The molecule has 15 heavy (non-hydrogen) atoms. The Kier molecular flexibility index (Phi) is 1.80. The van der Waals surface area contributed by atoms with Crippen molar-refractivity contribution in [2.24, 2.45) is 0 Å². The lowest BCUT2D eigenvalue weighted by atomic mass is 10.0. The molecule has 2 aromatic rings. The number of benzene rings is 1. The van der Waals surface area contributed by atoms with E-state index in [1.54, 1.807) is 0 Å². The number of rotatable bonds is 0. The average molecular weight is 199 g/mol. The number of fused-ring (bicyclic) bond motifs is 2. The van der Waals surface area contributed by atoms with Gasteiger partial charge in [0, 0.05) is 10.9 Å². The van der Waals surface area contributed by atoms with E-state index >= 15 is 0 Å². The van der Waals surface area contributed by atoms with Crippen molar-refractivity contribution in [1.29, 1.82) is 0 Å². The summed E-state index contributed by atoms with van der Waals surface area (Å²) in [5, 5.41) is 1.26. The molecule has 0 aliphatic carbocycles. The predicted octanol–water partition coefficient (Wildman–Crippen LogP) is 2.88. The molecule has 1 aromatic carbocycles. The molecule has 0 unspecified atom stereocenters. The molecule has 0 saturated heterocycles. The summed E-state index contributed by atoms with van der Waals surface area (Å²) in [6, 6.07) is 6.41. The van der Waals surface area contributed by atoms with E-state index in [2.05, 4.69) is 37.0 Å². The Morgan fingerprint density at radius 3 is 2.93 bits per heavy atom. The van der Waals surface area contributed by atoms with E-state index < -0.39 is 0 Å². The highest BCUT2D eigenvalue weighted by atomic mass is 16.5. The number of hydrogen-bond donors (Lipinski definition) is 0. The minimum absolute atomic E-state index is 0.667. The van der Waals surface area contributed by atoms with Crippen LogP contribution in [0.3, 0.4) is 0 Å². The van der Waals surface area contributed by atoms with Gasteiger partial charge in [-0.1, -0.05) is 11.6 Å². The van der Waals surface area contributed by atoms with Crippen LogP contribution in [-0.4, -0.2) is 4.98 Å². The third-order valence-electron chi connectivity index (χ3n) is 3.10. The Bertz CT molecular complexity index is 546. The van der Waals surface area contributed by atoms with Crippen molar-refractivity contribution in [1.82, 2.24) is 4.98 Å². The molecule has 0 fully saturated rings. The largest absolute Gasteiger partial charge is 0.370 e. The van der Waals surface area contributed by atoms with Gasteiger partial charge in [0.25, 0.3) is 0 Å². The first-order valence-corrected chi connectivity index (χ1v) is 5.22. The van der Waals surface area contributed by atoms with Crippen LogP contribution in [0, 0.1) is 13.8 Å². The molecule has 0 saturated carbocycles. The molecular formula is C13H13NO. The van der Waals surface area contributed by atoms with Gasteiger partial charge in [-0.05, 0) is 31.5 Å². The molecule has 2 nitrogen and oxygen atoms in total. The van der Waals surface area contributed by atoms with Crippen molar-refractivity contribution < 1.29 is 4.74 Å². The van der Waals surface area contributed by atoms with E-state index in [4.69, 9.17) is 4.74 Å². The number of aryl methyl sites for hydroxylation is 2. The van der Waals surface area contributed by atoms with Gasteiger partial charge in [-0.2, -0.15) is 0 Å². The molecule has 0 bridgehead atoms. The fourth-order valence-corrected chi connectivity index (χ4v) is 2.20. The van der Waals surface area contributed by atoms with Gasteiger partial charge in [0.2, 0.25) is 0 Å². The second-order valence-electron chi connectivity index (χ2n) is 4.18. The zero-order valence-corrected chi connectivity index (χ0v) is 9.00. The minimum Gasteiger partial charge on any atom is -0.370 e. The summed E-state index contributed by atoms with van der Waals surface area (Å²) < 4.78 is 5.43. The summed E-state index contributed by atoms with van der Waals surface area (Å²) in [6.07, 6.45) is 0. The van der Waals surface area contributed by atoms with Crippen molar-refractivity contribution in [2.45, 2.75) is 27.1 Å². The number of hydrogen-bond acceptors (Lipinski definition) is 2. The third-order valence-corrected chi connectivity index (χ3v) is 3.10. The van der Waals surface area contributed by atoms with Crippen LogP contribution in [0.1, 0.15) is 22.4 Å². The Hall–Kier alpha value is -1.41. The first-order valence-electron chi connectivity index (χ1n) is 5.22. The summed E-state index contributed by atoms with van der Waals surface area (Å²) in [6.45, 7) is 5.66. The number of pyridine rings is 1. The van der Waals surface area contributed by atoms with Gasteiger partial charge < -0.3 is 4.74 Å². The maximum atomic E-state index is 5.43. The van der Waals surface area contributed by atoms with Crippen LogP contribution >= 0.6 is 0 Å². The molecule has 0 atom stereocenters. The topological polar surface area (TPSA) is 22.1 Å². The second-order valence-corrected chi connectivity index (χ2v) is 4.18. The Morgan fingerprint density at radius 2 is 2.07 bits per heavy atom. The van der Waals surface area contributed by atoms with E-state index in [0.717, 1.165) is 17.8 Å². The van der Waals surface area contributed by atoms with Gasteiger partial charge in [-0.25, -0.2) is 4.98 Å². The molecule has 3 rings (SSSR count). The Morgan fingerprint density at radius 1 is 1.20 bits per heavy atom. The van der Waals surface area contributed by atoms with Crippen molar-refractivity contribution in [2.75, 3.05) is 0 Å². The summed E-state index contributed by atoms with van der Waals surface area (Å²) >= 11 is 0. The van der Waals surface area contributed by atoms with Crippen LogP contribution in [0.2, 0.25) is 0 Å². The molecule has 0 radical (unpaired) electrons. The van der Waals surface area contributed by atoms with Crippen LogP contribution in [0.4, 0.5) is 0 Å². The molecule has 2 heterocycles. The maximum absolute atomic E-state index is 5.43. The molecule has 0 N–H and O–H groups in total. The molecular weight excluding hydrogens is 186 g/mol. The highest BCUT2D eigenvalue weighted by Crippen LogP contribution is 2.28. The standard InChI is InChI=1S/C13H13NO/c1-8-3-4-12-10(5-8)9(2)11-6-15-7-13(11)14-12/h3-5H,6-7H2,1-2H3. The minimum atomic E-state index is 0.667. The second kappa shape index (κ2) is 3.04. The van der Waals surface area contributed by atoms with Gasteiger partial charge in [0.1, 0.15) is 0 Å². The first-order chi connectivity index (χ1) is 7.25. The van der Waals surface area contributed by atoms with Gasteiger partial charge in [0.05, 0.1) is 24.4 Å². The normalized spacial score (nSPS) is 14.5. The van der Waals surface area contributed by atoms with Gasteiger partial charge in [-0.3, -0.25) is 0 Å². The van der Waals surface area contributed by atoms with Gasteiger partial charge in [-0.15, -0.1) is 0 Å². The number of aromatic nitrogens is 1. The van der Waals surface area contributed by atoms with Crippen molar-refractivity contribution in [3.63, 3.8) is 0 Å².